The van der Waals surface area contributed by atoms with Crippen molar-refractivity contribution in [2.75, 3.05) is 0 Å². The zero-order chi connectivity index (χ0) is 7.40. The van der Waals surface area contributed by atoms with Crippen LogP contribution in [-0.2, 0) is 0 Å². The van der Waals surface area contributed by atoms with E-state index < -0.39 is 0 Å². The first kappa shape index (κ1) is 7.13. The SMILES string of the molecule is CC(C)C=Cc1ccco1. The molecular weight excluding hydrogens is 124 g/mol. The number of furan rings is 1. The molecule has 0 unspecified atom stereocenters. The highest BCUT2D eigenvalue weighted by atomic mass is 16.3. The van der Waals surface area contributed by atoms with E-state index in [1.807, 2.05) is 18.2 Å². The summed E-state index contributed by atoms with van der Waals surface area (Å²) in [6.07, 6.45) is 5.78. The average molecular weight is 136 g/mol. The summed E-state index contributed by atoms with van der Waals surface area (Å²) in [6, 6.07) is 3.83. The van der Waals surface area contributed by atoms with Crippen molar-refractivity contribution in [2.45, 2.75) is 13.8 Å². The van der Waals surface area contributed by atoms with Gasteiger partial charge in [0.15, 0.2) is 0 Å². The maximum absolute atomic E-state index is 5.10. The second kappa shape index (κ2) is 3.25. The molecule has 54 valence electrons. The molecule has 0 aliphatic heterocycles. The lowest BCUT2D eigenvalue weighted by atomic mass is 10.2. The minimum Gasteiger partial charge on any atom is -0.465 e. The molecule has 0 amide bonds. The summed E-state index contributed by atoms with van der Waals surface area (Å²) < 4.78 is 5.10. The topological polar surface area (TPSA) is 13.1 Å². The molecule has 1 heterocycles. The summed E-state index contributed by atoms with van der Waals surface area (Å²) in [7, 11) is 0. The van der Waals surface area contributed by atoms with Crippen molar-refractivity contribution in [1.82, 2.24) is 0 Å². The molecule has 1 aromatic rings. The molecule has 0 N–H and O–H groups in total. The van der Waals surface area contributed by atoms with Crippen LogP contribution < -0.4 is 0 Å². The summed E-state index contributed by atoms with van der Waals surface area (Å²) in [4.78, 5) is 0. The molecule has 0 fully saturated rings. The van der Waals surface area contributed by atoms with Gasteiger partial charge < -0.3 is 4.42 Å². The Bertz CT molecular complexity index is 195. The van der Waals surface area contributed by atoms with E-state index in [1.165, 1.54) is 0 Å². The predicted octanol–water partition coefficient (Wildman–Crippen LogP) is 2.95. The van der Waals surface area contributed by atoms with Gasteiger partial charge in [-0.3, -0.25) is 0 Å². The highest BCUT2D eigenvalue weighted by Crippen LogP contribution is 2.04. The van der Waals surface area contributed by atoms with Crippen LogP contribution in [0.25, 0.3) is 6.08 Å². The van der Waals surface area contributed by atoms with Gasteiger partial charge in [-0.15, -0.1) is 0 Å². The second-order valence-electron chi connectivity index (χ2n) is 2.62. The minimum atomic E-state index is 0.588. The van der Waals surface area contributed by atoms with Gasteiger partial charge in [0.25, 0.3) is 0 Å². The molecule has 0 atom stereocenters. The van der Waals surface area contributed by atoms with Crippen molar-refractivity contribution in [1.29, 1.82) is 0 Å². The van der Waals surface area contributed by atoms with E-state index in [0.29, 0.717) is 5.92 Å². The van der Waals surface area contributed by atoms with Crippen LogP contribution >= 0.6 is 0 Å². The quantitative estimate of drug-likeness (QED) is 0.609. The van der Waals surface area contributed by atoms with Gasteiger partial charge in [-0.25, -0.2) is 0 Å². The smallest absolute Gasteiger partial charge is 0.126 e. The summed E-state index contributed by atoms with van der Waals surface area (Å²) in [5.41, 5.74) is 0. The molecule has 0 saturated heterocycles. The first-order valence-electron chi connectivity index (χ1n) is 3.51. The normalized spacial score (nSPS) is 11.5. The van der Waals surface area contributed by atoms with Gasteiger partial charge >= 0.3 is 0 Å². The highest BCUT2D eigenvalue weighted by molar-refractivity contribution is 5.42. The van der Waals surface area contributed by atoms with Crippen molar-refractivity contribution >= 4 is 6.08 Å². The molecule has 10 heavy (non-hydrogen) atoms. The third-order valence-electron chi connectivity index (χ3n) is 1.19. The molecule has 1 heteroatoms. The molecule has 1 nitrogen and oxygen atoms in total. The van der Waals surface area contributed by atoms with Crippen molar-refractivity contribution in [2.24, 2.45) is 5.92 Å². The molecule has 0 radical (unpaired) electrons. The van der Waals surface area contributed by atoms with E-state index >= 15 is 0 Å². The Morgan fingerprint density at radius 2 is 2.30 bits per heavy atom. The van der Waals surface area contributed by atoms with Crippen molar-refractivity contribution < 1.29 is 4.42 Å². The fraction of sp³-hybridized carbons (Fsp3) is 0.333. The maximum Gasteiger partial charge on any atom is 0.126 e. The first-order chi connectivity index (χ1) is 4.79. The van der Waals surface area contributed by atoms with Crippen LogP contribution in [0.15, 0.2) is 28.9 Å². The Labute approximate surface area is 61.4 Å². The summed E-state index contributed by atoms with van der Waals surface area (Å²) in [5.74, 6) is 1.51. The third-order valence-corrected chi connectivity index (χ3v) is 1.19. The van der Waals surface area contributed by atoms with Gasteiger partial charge in [0.1, 0.15) is 5.76 Å². The fourth-order valence-corrected chi connectivity index (χ4v) is 0.673. The summed E-state index contributed by atoms with van der Waals surface area (Å²) >= 11 is 0. The number of rotatable bonds is 2. The molecule has 0 bridgehead atoms. The van der Waals surface area contributed by atoms with Crippen LogP contribution in [-0.4, -0.2) is 0 Å². The van der Waals surface area contributed by atoms with E-state index in [9.17, 15) is 0 Å². The maximum atomic E-state index is 5.10. The molecule has 0 aliphatic rings. The van der Waals surface area contributed by atoms with Crippen molar-refractivity contribution in [3.63, 3.8) is 0 Å². The minimum absolute atomic E-state index is 0.588. The van der Waals surface area contributed by atoms with Gasteiger partial charge in [-0.05, 0) is 24.1 Å². The molecule has 1 aromatic heterocycles. The first-order valence-corrected chi connectivity index (χ1v) is 3.51. The van der Waals surface area contributed by atoms with Crippen LogP contribution in [0.5, 0.6) is 0 Å². The van der Waals surface area contributed by atoms with Crippen LogP contribution in [0, 0.1) is 5.92 Å². The highest BCUT2D eigenvalue weighted by Gasteiger charge is 1.87. The van der Waals surface area contributed by atoms with Crippen LogP contribution in [0.4, 0.5) is 0 Å². The molecular formula is C9H12O. The molecule has 0 aromatic carbocycles. The Hall–Kier alpha value is -0.980. The largest absolute Gasteiger partial charge is 0.465 e. The lowest BCUT2D eigenvalue weighted by Crippen LogP contribution is -1.75. The van der Waals surface area contributed by atoms with Crippen LogP contribution in [0.2, 0.25) is 0 Å². The molecule has 0 aliphatic carbocycles. The Morgan fingerprint density at radius 1 is 1.50 bits per heavy atom. The van der Waals surface area contributed by atoms with Crippen molar-refractivity contribution in [3.05, 3.63) is 30.2 Å². The number of hydrogen-bond acceptors (Lipinski definition) is 1. The van der Waals surface area contributed by atoms with Gasteiger partial charge in [0.2, 0.25) is 0 Å². The number of allylic oxidation sites excluding steroid dienone is 1. The molecule has 0 spiro atoms. The van der Waals surface area contributed by atoms with Crippen molar-refractivity contribution in [3.8, 4) is 0 Å². The zero-order valence-corrected chi connectivity index (χ0v) is 6.37. The molecule has 0 saturated carbocycles. The summed E-state index contributed by atoms with van der Waals surface area (Å²) in [5, 5.41) is 0. The van der Waals surface area contributed by atoms with Gasteiger partial charge in [0, 0.05) is 0 Å². The lowest BCUT2D eigenvalue weighted by molar-refractivity contribution is 0.556. The monoisotopic (exact) mass is 136 g/mol. The van der Waals surface area contributed by atoms with Gasteiger partial charge in [-0.2, -0.15) is 0 Å². The average Bonchev–Trinajstić information content (AvgIpc) is 2.34. The Kier molecular flexibility index (Phi) is 2.32. The van der Waals surface area contributed by atoms with E-state index in [0.717, 1.165) is 5.76 Å². The van der Waals surface area contributed by atoms with Gasteiger partial charge in [0.05, 0.1) is 6.26 Å². The van der Waals surface area contributed by atoms with Gasteiger partial charge in [-0.1, -0.05) is 19.9 Å². The van der Waals surface area contributed by atoms with Crippen LogP contribution in [0.1, 0.15) is 19.6 Å². The summed E-state index contributed by atoms with van der Waals surface area (Å²) in [6.45, 7) is 4.28. The second-order valence-corrected chi connectivity index (χ2v) is 2.62. The van der Waals surface area contributed by atoms with E-state index in [1.54, 1.807) is 6.26 Å². The predicted molar refractivity (Wildman–Crippen MR) is 42.6 cm³/mol. The van der Waals surface area contributed by atoms with E-state index in [4.69, 9.17) is 4.42 Å². The van der Waals surface area contributed by atoms with E-state index in [2.05, 4.69) is 19.9 Å². The molecule has 1 rings (SSSR count). The third kappa shape index (κ3) is 2.09. The Morgan fingerprint density at radius 3 is 2.80 bits per heavy atom. The van der Waals surface area contributed by atoms with Crippen LogP contribution in [0.3, 0.4) is 0 Å². The lowest BCUT2D eigenvalue weighted by Gasteiger charge is -1.90. The standard InChI is InChI=1S/C9H12O/c1-8(2)5-6-9-4-3-7-10-9/h3-8H,1-2H3. The fourth-order valence-electron chi connectivity index (χ4n) is 0.673. The van der Waals surface area contributed by atoms with E-state index in [-0.39, 0.29) is 0 Å². The number of hydrogen-bond donors (Lipinski definition) is 0. The zero-order valence-electron chi connectivity index (χ0n) is 6.37. The Balaban J connectivity index is 2.55.